The molecule has 1 fully saturated rings. The largest absolute Gasteiger partial charge is 0.508 e. The maximum Gasteiger partial charge on any atom is 0.305 e. The van der Waals surface area contributed by atoms with Crippen molar-refractivity contribution in [3.8, 4) is 5.75 Å². The normalized spacial score (nSPS) is 18.0. The molecule has 5 N–H and O–H groups in total. The first-order chi connectivity index (χ1) is 21.4. The van der Waals surface area contributed by atoms with Crippen LogP contribution in [0.1, 0.15) is 44.7 Å². The van der Waals surface area contributed by atoms with E-state index < -0.39 is 72.2 Å². The molecule has 45 heavy (non-hydrogen) atoms. The number of carbonyl (C=O) groups excluding carboxylic acids is 5. The second kappa shape index (κ2) is 16.3. The lowest BCUT2D eigenvalue weighted by Crippen LogP contribution is -2.59. The molecule has 242 valence electrons. The van der Waals surface area contributed by atoms with E-state index >= 15 is 0 Å². The molecule has 2 aromatic carbocycles. The molecule has 2 aromatic rings. The molecular weight excluding hydrogens is 584 g/mol. The molecule has 1 aliphatic heterocycles. The molecule has 0 bridgehead atoms. The van der Waals surface area contributed by atoms with Crippen molar-refractivity contribution in [2.24, 2.45) is 5.92 Å². The number of nitrogens with zero attached hydrogens (tertiary/aromatic N) is 1. The summed E-state index contributed by atoms with van der Waals surface area (Å²) in [6.45, 7) is 4.94. The maximum atomic E-state index is 14.0. The van der Waals surface area contributed by atoms with Crippen molar-refractivity contribution >= 4 is 35.9 Å². The first kappa shape index (κ1) is 34.7. The Balaban J connectivity index is 1.82. The number of aldehydes is 1. The number of likely N-dealkylation sites (tertiary alicyclic amines) is 1. The SMILES string of the molecule is CC(=O)NC(Cc1ccc(O)cc1)C(=O)NC(C(=O)N1CC(OCc2ccccc2)C[C@H]1C(=O)NC(C=O)CC(=O)O)C(C)C. The number of carboxylic acids is 1. The zero-order valence-electron chi connectivity index (χ0n) is 25.5. The van der Waals surface area contributed by atoms with Crippen LogP contribution in [-0.4, -0.2) is 87.8 Å². The van der Waals surface area contributed by atoms with E-state index in [1.165, 1.54) is 24.0 Å². The lowest BCUT2D eigenvalue weighted by atomic mass is 10.00. The molecule has 13 nitrogen and oxygen atoms in total. The molecule has 5 atom stereocenters. The van der Waals surface area contributed by atoms with E-state index in [4.69, 9.17) is 9.84 Å². The molecule has 4 unspecified atom stereocenters. The molecule has 1 saturated heterocycles. The summed E-state index contributed by atoms with van der Waals surface area (Å²) in [5, 5.41) is 26.4. The maximum absolute atomic E-state index is 14.0. The highest BCUT2D eigenvalue weighted by atomic mass is 16.5. The first-order valence-electron chi connectivity index (χ1n) is 14.7. The van der Waals surface area contributed by atoms with Gasteiger partial charge in [-0.25, -0.2) is 0 Å². The minimum Gasteiger partial charge on any atom is -0.508 e. The van der Waals surface area contributed by atoms with Crippen LogP contribution >= 0.6 is 0 Å². The van der Waals surface area contributed by atoms with Crippen molar-refractivity contribution in [2.45, 2.75) is 76.9 Å². The van der Waals surface area contributed by atoms with Gasteiger partial charge in [0.2, 0.25) is 23.6 Å². The standard InChI is InChI=1S/C32H40N4O9/c1-19(2)29(35-30(42)26(33-20(3)38)13-21-9-11-24(39)12-10-21)32(44)36-16-25(45-18-22-7-5-4-6-8-22)15-27(36)31(43)34-23(17-37)14-28(40)41/h4-12,17,19,23,25-27,29,39H,13-16,18H2,1-3H3,(H,33,38)(H,34,43)(H,35,42)(H,40,41)/t23?,25?,26?,27-,29?/m0/s1. The van der Waals surface area contributed by atoms with Gasteiger partial charge >= 0.3 is 5.97 Å². The zero-order chi connectivity index (χ0) is 33.1. The third-order valence-electron chi connectivity index (χ3n) is 7.36. The number of aromatic hydroxyl groups is 1. The van der Waals surface area contributed by atoms with Crippen LogP contribution in [0.4, 0.5) is 0 Å². The third kappa shape index (κ3) is 10.4. The average molecular weight is 625 g/mol. The molecule has 1 aliphatic rings. The van der Waals surface area contributed by atoms with E-state index in [2.05, 4.69) is 16.0 Å². The second-order valence-electron chi connectivity index (χ2n) is 11.4. The van der Waals surface area contributed by atoms with E-state index in [1.807, 2.05) is 30.3 Å². The lowest BCUT2D eigenvalue weighted by molar-refractivity contribution is -0.144. The van der Waals surface area contributed by atoms with Crippen molar-refractivity contribution in [1.29, 1.82) is 0 Å². The fourth-order valence-electron chi connectivity index (χ4n) is 5.07. The van der Waals surface area contributed by atoms with Gasteiger partial charge in [-0.2, -0.15) is 0 Å². The molecule has 4 amide bonds. The van der Waals surface area contributed by atoms with E-state index in [0.29, 0.717) is 11.8 Å². The van der Waals surface area contributed by atoms with Crippen molar-refractivity contribution in [3.63, 3.8) is 0 Å². The van der Waals surface area contributed by atoms with Gasteiger partial charge in [0.05, 0.1) is 25.2 Å². The van der Waals surface area contributed by atoms with E-state index in [9.17, 15) is 33.9 Å². The average Bonchev–Trinajstić information content (AvgIpc) is 3.43. The van der Waals surface area contributed by atoms with Crippen LogP contribution in [-0.2, 0) is 46.5 Å². The number of hydrogen-bond acceptors (Lipinski definition) is 8. The Bertz CT molecular complexity index is 1350. The third-order valence-corrected chi connectivity index (χ3v) is 7.36. The number of carbonyl (C=O) groups is 6. The number of phenols is 1. The van der Waals surface area contributed by atoms with Gasteiger partial charge in [0.25, 0.3) is 0 Å². The van der Waals surface area contributed by atoms with Gasteiger partial charge in [0, 0.05) is 26.3 Å². The molecular formula is C32H40N4O9. The Labute approximate surface area is 261 Å². The van der Waals surface area contributed by atoms with Gasteiger partial charge in [-0.3, -0.25) is 24.0 Å². The highest BCUT2D eigenvalue weighted by Crippen LogP contribution is 2.25. The van der Waals surface area contributed by atoms with Crippen LogP contribution in [0.25, 0.3) is 0 Å². The minimum atomic E-state index is -1.30. The van der Waals surface area contributed by atoms with E-state index in [-0.39, 0.29) is 31.7 Å². The van der Waals surface area contributed by atoms with Crippen LogP contribution in [0.5, 0.6) is 5.75 Å². The summed E-state index contributed by atoms with van der Waals surface area (Å²) in [7, 11) is 0. The number of ether oxygens (including phenoxy) is 1. The Morgan fingerprint density at radius 3 is 2.22 bits per heavy atom. The number of phenolic OH excluding ortho intramolecular Hbond substituents is 1. The predicted molar refractivity (Wildman–Crippen MR) is 162 cm³/mol. The van der Waals surface area contributed by atoms with E-state index in [0.717, 1.165) is 5.56 Å². The number of benzene rings is 2. The van der Waals surface area contributed by atoms with Crippen molar-refractivity contribution in [2.75, 3.05) is 6.54 Å². The molecule has 0 aromatic heterocycles. The first-order valence-corrected chi connectivity index (χ1v) is 14.7. The van der Waals surface area contributed by atoms with Crippen LogP contribution < -0.4 is 16.0 Å². The number of carboxylic acid groups (broad SMARTS) is 1. The van der Waals surface area contributed by atoms with Crippen LogP contribution in [0.2, 0.25) is 0 Å². The summed E-state index contributed by atoms with van der Waals surface area (Å²) < 4.78 is 6.03. The molecule has 0 spiro atoms. The second-order valence-corrected chi connectivity index (χ2v) is 11.4. The summed E-state index contributed by atoms with van der Waals surface area (Å²) >= 11 is 0. The van der Waals surface area contributed by atoms with E-state index in [1.54, 1.807) is 26.0 Å². The fraction of sp³-hybridized carbons (Fsp3) is 0.438. The number of hydrogen-bond donors (Lipinski definition) is 5. The Morgan fingerprint density at radius 1 is 0.978 bits per heavy atom. The Hall–Kier alpha value is -4.78. The number of aliphatic carboxylic acids is 1. The summed E-state index contributed by atoms with van der Waals surface area (Å²) in [6.07, 6.45) is -0.698. The summed E-state index contributed by atoms with van der Waals surface area (Å²) in [4.78, 5) is 76.7. The van der Waals surface area contributed by atoms with Gasteiger partial charge < -0.3 is 40.6 Å². The van der Waals surface area contributed by atoms with Gasteiger partial charge in [0.15, 0.2) is 0 Å². The fourth-order valence-corrected chi connectivity index (χ4v) is 5.07. The molecule has 3 rings (SSSR count). The molecule has 13 heteroatoms. The van der Waals surface area contributed by atoms with Crippen LogP contribution in [0.3, 0.4) is 0 Å². The van der Waals surface area contributed by atoms with Gasteiger partial charge in [-0.15, -0.1) is 0 Å². The Morgan fingerprint density at radius 2 is 1.64 bits per heavy atom. The van der Waals surface area contributed by atoms with Crippen molar-refractivity contribution in [3.05, 3.63) is 65.7 Å². The van der Waals surface area contributed by atoms with Gasteiger partial charge in [-0.05, 0) is 29.2 Å². The Kier molecular flexibility index (Phi) is 12.6. The highest BCUT2D eigenvalue weighted by Gasteiger charge is 2.44. The minimum absolute atomic E-state index is 0.0101. The lowest BCUT2D eigenvalue weighted by Gasteiger charge is -2.31. The van der Waals surface area contributed by atoms with Gasteiger partial charge in [-0.1, -0.05) is 56.3 Å². The summed E-state index contributed by atoms with van der Waals surface area (Å²) in [5.74, 6) is -4.04. The zero-order valence-corrected chi connectivity index (χ0v) is 25.5. The quantitative estimate of drug-likeness (QED) is 0.179. The number of nitrogens with one attached hydrogen (secondary N) is 3. The smallest absolute Gasteiger partial charge is 0.305 e. The van der Waals surface area contributed by atoms with Gasteiger partial charge in [0.1, 0.15) is 30.2 Å². The van der Waals surface area contributed by atoms with Crippen molar-refractivity contribution in [1.82, 2.24) is 20.9 Å². The number of amides is 4. The molecule has 0 saturated carbocycles. The topological polar surface area (TPSA) is 191 Å². The monoisotopic (exact) mass is 624 g/mol. The highest BCUT2D eigenvalue weighted by molar-refractivity contribution is 5.95. The summed E-state index contributed by atoms with van der Waals surface area (Å²) in [6, 6.07) is 10.9. The molecule has 0 aliphatic carbocycles. The van der Waals surface area contributed by atoms with Crippen molar-refractivity contribution < 1.29 is 43.7 Å². The molecule has 0 radical (unpaired) electrons. The van der Waals surface area contributed by atoms with Crippen LogP contribution in [0.15, 0.2) is 54.6 Å². The summed E-state index contributed by atoms with van der Waals surface area (Å²) in [5.41, 5.74) is 1.55. The number of rotatable bonds is 15. The molecule has 1 heterocycles. The predicted octanol–water partition coefficient (Wildman–Crippen LogP) is 0.925. The van der Waals surface area contributed by atoms with Crippen LogP contribution in [0, 0.1) is 5.92 Å².